The summed E-state index contributed by atoms with van der Waals surface area (Å²) in [6, 6.07) is 8.56. The van der Waals surface area contributed by atoms with E-state index in [0.29, 0.717) is 6.10 Å². The molecule has 0 saturated carbocycles. The molecule has 2 heterocycles. The number of nitrogens with one attached hydrogen (secondary N) is 1. The van der Waals surface area contributed by atoms with Crippen molar-refractivity contribution in [1.82, 2.24) is 14.8 Å². The predicted molar refractivity (Wildman–Crippen MR) is 86.5 cm³/mol. The van der Waals surface area contributed by atoms with Gasteiger partial charge in [0.2, 0.25) is 0 Å². The normalized spacial score (nSPS) is 20.2. The molecule has 1 aliphatic rings. The first-order valence-corrected chi connectivity index (χ1v) is 7.85. The molecule has 114 valence electrons. The van der Waals surface area contributed by atoms with Gasteiger partial charge in [0.15, 0.2) is 0 Å². The van der Waals surface area contributed by atoms with Gasteiger partial charge in [-0.15, -0.1) is 0 Å². The van der Waals surface area contributed by atoms with Crippen molar-refractivity contribution in [2.24, 2.45) is 7.05 Å². The summed E-state index contributed by atoms with van der Waals surface area (Å²) in [4.78, 5) is 2.45. The van der Waals surface area contributed by atoms with Gasteiger partial charge >= 0.3 is 0 Å². The van der Waals surface area contributed by atoms with Crippen LogP contribution >= 0.6 is 0 Å². The lowest BCUT2D eigenvalue weighted by Gasteiger charge is -2.32. The van der Waals surface area contributed by atoms with Crippen molar-refractivity contribution >= 4 is 10.9 Å². The van der Waals surface area contributed by atoms with E-state index < -0.39 is 0 Å². The lowest BCUT2D eigenvalue weighted by Crippen LogP contribution is -2.46. The fourth-order valence-electron chi connectivity index (χ4n) is 3.13. The van der Waals surface area contributed by atoms with E-state index in [1.165, 1.54) is 16.5 Å². The molecule has 0 radical (unpaired) electrons. The Labute approximate surface area is 126 Å². The molecule has 1 aliphatic heterocycles. The molecular formula is C17H25N3O. The van der Waals surface area contributed by atoms with E-state index in [1.807, 2.05) is 0 Å². The molecule has 0 aliphatic carbocycles. The second kappa shape index (κ2) is 6.60. The first kappa shape index (κ1) is 14.6. The van der Waals surface area contributed by atoms with E-state index in [0.717, 1.165) is 39.3 Å². The quantitative estimate of drug-likeness (QED) is 0.912. The Balaban J connectivity index is 1.57. The average Bonchev–Trinajstić information content (AvgIpc) is 2.85. The van der Waals surface area contributed by atoms with Gasteiger partial charge in [0.1, 0.15) is 0 Å². The monoisotopic (exact) mass is 287 g/mol. The maximum absolute atomic E-state index is 5.83. The Morgan fingerprint density at radius 1 is 1.33 bits per heavy atom. The third kappa shape index (κ3) is 3.28. The Kier molecular flexibility index (Phi) is 4.58. The van der Waals surface area contributed by atoms with E-state index >= 15 is 0 Å². The zero-order valence-electron chi connectivity index (χ0n) is 13.0. The maximum atomic E-state index is 5.83. The highest BCUT2D eigenvalue weighted by Gasteiger charge is 2.18. The highest BCUT2D eigenvalue weighted by Crippen LogP contribution is 2.20. The molecule has 0 bridgehead atoms. The number of para-hydroxylation sites is 1. The van der Waals surface area contributed by atoms with Crippen LogP contribution in [0, 0.1) is 0 Å². The van der Waals surface area contributed by atoms with E-state index in [1.54, 1.807) is 0 Å². The number of hydrogen-bond donors (Lipinski definition) is 1. The predicted octanol–water partition coefficient (Wildman–Crippen LogP) is 1.99. The summed E-state index contributed by atoms with van der Waals surface area (Å²) >= 11 is 0. The molecule has 3 rings (SSSR count). The number of likely N-dealkylation sites (N-methyl/N-ethyl adjacent to an activating group) is 1. The first-order chi connectivity index (χ1) is 10.3. The van der Waals surface area contributed by atoms with Crippen molar-refractivity contribution in [3.8, 4) is 0 Å². The number of benzene rings is 1. The minimum Gasteiger partial charge on any atom is -0.374 e. The van der Waals surface area contributed by atoms with Crippen LogP contribution in [0.5, 0.6) is 0 Å². The van der Waals surface area contributed by atoms with Crippen LogP contribution in [0.25, 0.3) is 10.9 Å². The van der Waals surface area contributed by atoms with Crippen LogP contribution in [-0.2, 0) is 18.3 Å². The molecule has 0 amide bonds. The van der Waals surface area contributed by atoms with Crippen LogP contribution in [-0.4, -0.2) is 48.4 Å². The maximum Gasteiger partial charge on any atom is 0.0826 e. The largest absolute Gasteiger partial charge is 0.374 e. The minimum absolute atomic E-state index is 0.314. The van der Waals surface area contributed by atoms with Crippen LogP contribution in [0.2, 0.25) is 0 Å². The Morgan fingerprint density at radius 2 is 2.19 bits per heavy atom. The van der Waals surface area contributed by atoms with Gasteiger partial charge in [-0.1, -0.05) is 25.1 Å². The number of aromatic nitrogens is 1. The summed E-state index contributed by atoms with van der Waals surface area (Å²) in [7, 11) is 2.11. The second-order valence-corrected chi connectivity index (χ2v) is 5.80. The topological polar surface area (TPSA) is 29.4 Å². The van der Waals surface area contributed by atoms with Crippen molar-refractivity contribution < 1.29 is 4.74 Å². The van der Waals surface area contributed by atoms with Crippen LogP contribution in [0.15, 0.2) is 30.5 Å². The number of morpholine rings is 1. The number of aryl methyl sites for hydroxylation is 1. The Bertz CT molecular complexity index is 593. The lowest BCUT2D eigenvalue weighted by atomic mass is 10.2. The zero-order valence-corrected chi connectivity index (χ0v) is 13.0. The fraction of sp³-hybridized carbons (Fsp3) is 0.529. The fourth-order valence-corrected chi connectivity index (χ4v) is 3.13. The molecule has 1 atom stereocenters. The number of ether oxygens (including phenoxy) is 1. The minimum atomic E-state index is 0.314. The molecule has 1 aromatic carbocycles. The van der Waals surface area contributed by atoms with Gasteiger partial charge in [0.25, 0.3) is 0 Å². The first-order valence-electron chi connectivity index (χ1n) is 7.85. The van der Waals surface area contributed by atoms with Crippen molar-refractivity contribution in [3.63, 3.8) is 0 Å². The molecular weight excluding hydrogens is 262 g/mol. The van der Waals surface area contributed by atoms with Gasteiger partial charge in [0.05, 0.1) is 12.7 Å². The smallest absolute Gasteiger partial charge is 0.0826 e. The lowest BCUT2D eigenvalue weighted by molar-refractivity contribution is -0.0253. The van der Waals surface area contributed by atoms with Crippen LogP contribution in [0.3, 0.4) is 0 Å². The van der Waals surface area contributed by atoms with E-state index in [2.05, 4.69) is 59.2 Å². The number of hydrogen-bond acceptors (Lipinski definition) is 3. The molecule has 1 fully saturated rings. The highest BCUT2D eigenvalue weighted by atomic mass is 16.5. The summed E-state index contributed by atoms with van der Waals surface area (Å²) in [6.45, 7) is 8.10. The van der Waals surface area contributed by atoms with E-state index in [9.17, 15) is 0 Å². The molecule has 21 heavy (non-hydrogen) atoms. The summed E-state index contributed by atoms with van der Waals surface area (Å²) in [5, 5.41) is 4.90. The molecule has 2 aromatic rings. The van der Waals surface area contributed by atoms with E-state index in [4.69, 9.17) is 4.74 Å². The van der Waals surface area contributed by atoms with E-state index in [-0.39, 0.29) is 0 Å². The molecule has 1 aromatic heterocycles. The standard InChI is InChI=1S/C17H25N3O/c1-3-20-8-9-21-15(13-20)11-18-10-14-12-19(2)17-7-5-4-6-16(14)17/h4-7,12,15,18H,3,8-11,13H2,1-2H3. The average molecular weight is 287 g/mol. The van der Waals surface area contributed by atoms with Gasteiger partial charge in [-0.2, -0.15) is 0 Å². The van der Waals surface area contributed by atoms with Gasteiger partial charge < -0.3 is 14.6 Å². The van der Waals surface area contributed by atoms with Gasteiger partial charge in [-0.3, -0.25) is 4.90 Å². The summed E-state index contributed by atoms with van der Waals surface area (Å²) < 4.78 is 8.03. The molecule has 4 nitrogen and oxygen atoms in total. The summed E-state index contributed by atoms with van der Waals surface area (Å²) in [5.41, 5.74) is 2.65. The number of nitrogens with zero attached hydrogens (tertiary/aromatic N) is 2. The second-order valence-electron chi connectivity index (χ2n) is 5.80. The molecule has 1 N–H and O–H groups in total. The van der Waals surface area contributed by atoms with Crippen LogP contribution in [0.4, 0.5) is 0 Å². The number of rotatable bonds is 5. The van der Waals surface area contributed by atoms with Crippen LogP contribution in [0.1, 0.15) is 12.5 Å². The van der Waals surface area contributed by atoms with Crippen molar-refractivity contribution in [1.29, 1.82) is 0 Å². The summed E-state index contributed by atoms with van der Waals surface area (Å²) in [5.74, 6) is 0. The SMILES string of the molecule is CCN1CCOC(CNCc2cn(C)c3ccccc23)C1. The highest BCUT2D eigenvalue weighted by molar-refractivity contribution is 5.83. The van der Waals surface area contributed by atoms with Crippen molar-refractivity contribution in [2.45, 2.75) is 19.6 Å². The van der Waals surface area contributed by atoms with Gasteiger partial charge in [0, 0.05) is 50.3 Å². The molecule has 0 spiro atoms. The number of fused-ring (bicyclic) bond motifs is 1. The van der Waals surface area contributed by atoms with Crippen LogP contribution < -0.4 is 5.32 Å². The third-order valence-electron chi connectivity index (χ3n) is 4.34. The van der Waals surface area contributed by atoms with Crippen molar-refractivity contribution in [3.05, 3.63) is 36.0 Å². The van der Waals surface area contributed by atoms with Crippen molar-refractivity contribution in [2.75, 3.05) is 32.8 Å². The zero-order chi connectivity index (χ0) is 14.7. The summed E-state index contributed by atoms with van der Waals surface area (Å²) in [6.07, 6.45) is 2.53. The van der Waals surface area contributed by atoms with Gasteiger partial charge in [-0.25, -0.2) is 0 Å². The third-order valence-corrected chi connectivity index (χ3v) is 4.34. The Hall–Kier alpha value is -1.36. The molecule has 4 heteroatoms. The van der Waals surface area contributed by atoms with Gasteiger partial charge in [-0.05, 0) is 18.2 Å². The Morgan fingerprint density at radius 3 is 3.05 bits per heavy atom. The molecule has 1 unspecified atom stereocenters. The molecule has 1 saturated heterocycles.